The molecule has 3 heterocycles. The minimum atomic E-state index is -0.519. The number of methoxy groups -OCH3 is 2. The van der Waals surface area contributed by atoms with Gasteiger partial charge in [-0.25, -0.2) is 9.18 Å². The van der Waals surface area contributed by atoms with Crippen LogP contribution in [0.1, 0.15) is 10.5 Å². The van der Waals surface area contributed by atoms with Gasteiger partial charge in [-0.1, -0.05) is 0 Å². The maximum absolute atomic E-state index is 13.4. The molecule has 0 radical (unpaired) electrons. The molecule has 4 aromatic rings. The number of nitrogens with zero attached hydrogens (tertiary/aromatic N) is 4. The molecule has 36 heavy (non-hydrogen) atoms. The summed E-state index contributed by atoms with van der Waals surface area (Å²) >= 11 is 0. The largest absolute Gasteiger partial charge is 0.497 e. The van der Waals surface area contributed by atoms with Gasteiger partial charge in [0, 0.05) is 43.8 Å². The van der Waals surface area contributed by atoms with Crippen molar-refractivity contribution < 1.29 is 23.5 Å². The van der Waals surface area contributed by atoms with Crippen LogP contribution >= 0.6 is 0 Å². The molecule has 0 aliphatic carbocycles. The van der Waals surface area contributed by atoms with Gasteiger partial charge in [-0.3, -0.25) is 4.79 Å². The van der Waals surface area contributed by atoms with Crippen LogP contribution in [0, 0.1) is 5.82 Å². The van der Waals surface area contributed by atoms with Gasteiger partial charge in [0.25, 0.3) is 0 Å². The van der Waals surface area contributed by atoms with Crippen LogP contribution in [0.3, 0.4) is 0 Å². The van der Waals surface area contributed by atoms with E-state index < -0.39 is 5.97 Å². The van der Waals surface area contributed by atoms with E-state index in [4.69, 9.17) is 9.47 Å². The van der Waals surface area contributed by atoms with Crippen LogP contribution in [-0.2, 0) is 16.1 Å². The number of carbonyl (C=O) groups is 2. The second-order valence-electron chi connectivity index (χ2n) is 8.61. The van der Waals surface area contributed by atoms with Crippen LogP contribution in [0.15, 0.2) is 66.9 Å². The molecule has 0 spiro atoms. The Hall–Kier alpha value is -4.27. The topological polar surface area (TPSA) is 68.9 Å². The summed E-state index contributed by atoms with van der Waals surface area (Å²) in [5.41, 5.74) is 3.60. The molecule has 1 aliphatic heterocycles. The van der Waals surface area contributed by atoms with Gasteiger partial charge in [-0.05, 0) is 60.7 Å². The highest BCUT2D eigenvalue weighted by Gasteiger charge is 2.25. The highest BCUT2D eigenvalue weighted by Crippen LogP contribution is 2.26. The standard InChI is InChI=1S/C27H27FN4O4/c1-35-22-9-7-20(8-10-22)29-13-15-30(16-14-29)26(33)18-32-23-11-12-31(21-5-3-19(28)4-6-21)24(23)17-25(32)27(34)36-2/h3-12,17H,13-16,18H2,1-2H3. The second kappa shape index (κ2) is 9.77. The number of halogens is 1. The molecule has 0 atom stereocenters. The van der Waals surface area contributed by atoms with E-state index in [1.807, 2.05) is 46.0 Å². The minimum absolute atomic E-state index is 0.0178. The zero-order valence-corrected chi connectivity index (χ0v) is 20.2. The lowest BCUT2D eigenvalue weighted by Gasteiger charge is -2.36. The van der Waals surface area contributed by atoms with Gasteiger partial charge in [0.05, 0.1) is 25.3 Å². The molecule has 0 N–H and O–H groups in total. The quantitative estimate of drug-likeness (QED) is 0.386. The fourth-order valence-corrected chi connectivity index (χ4v) is 4.66. The number of hydrogen-bond donors (Lipinski definition) is 0. The van der Waals surface area contributed by atoms with Crippen LogP contribution in [0.4, 0.5) is 10.1 Å². The number of piperazine rings is 1. The van der Waals surface area contributed by atoms with Crippen LogP contribution < -0.4 is 9.64 Å². The Morgan fingerprint density at radius 1 is 0.861 bits per heavy atom. The number of amides is 1. The van der Waals surface area contributed by atoms with E-state index in [1.54, 1.807) is 29.9 Å². The fraction of sp³-hybridized carbons (Fsp3) is 0.259. The van der Waals surface area contributed by atoms with E-state index in [9.17, 15) is 14.0 Å². The van der Waals surface area contributed by atoms with E-state index in [0.29, 0.717) is 31.9 Å². The van der Waals surface area contributed by atoms with Gasteiger partial charge in [-0.2, -0.15) is 0 Å². The van der Waals surface area contributed by atoms with Crippen molar-refractivity contribution in [1.29, 1.82) is 0 Å². The first-order valence-electron chi connectivity index (χ1n) is 11.7. The smallest absolute Gasteiger partial charge is 0.354 e. The van der Waals surface area contributed by atoms with Crippen molar-refractivity contribution in [2.75, 3.05) is 45.3 Å². The first-order chi connectivity index (χ1) is 17.5. The Morgan fingerprint density at radius 3 is 2.17 bits per heavy atom. The second-order valence-corrected chi connectivity index (χ2v) is 8.61. The molecule has 1 fully saturated rings. The lowest BCUT2D eigenvalue weighted by Crippen LogP contribution is -2.49. The molecule has 0 bridgehead atoms. The van der Waals surface area contributed by atoms with Crippen molar-refractivity contribution >= 4 is 28.6 Å². The average Bonchev–Trinajstić information content (AvgIpc) is 3.49. The third kappa shape index (κ3) is 4.39. The highest BCUT2D eigenvalue weighted by molar-refractivity contribution is 5.96. The summed E-state index contributed by atoms with van der Waals surface area (Å²) in [6, 6.07) is 17.5. The van der Waals surface area contributed by atoms with Crippen LogP contribution in [-0.4, -0.2) is 66.3 Å². The van der Waals surface area contributed by atoms with E-state index in [-0.39, 0.29) is 18.3 Å². The number of hydrogen-bond acceptors (Lipinski definition) is 5. The number of anilines is 1. The van der Waals surface area contributed by atoms with Gasteiger partial charge >= 0.3 is 5.97 Å². The molecular formula is C27H27FN4O4. The van der Waals surface area contributed by atoms with E-state index in [1.165, 1.54) is 19.2 Å². The first kappa shape index (κ1) is 23.5. The van der Waals surface area contributed by atoms with Gasteiger partial charge in [0.15, 0.2) is 0 Å². The lowest BCUT2D eigenvalue weighted by atomic mass is 10.2. The molecule has 1 aliphatic rings. The van der Waals surface area contributed by atoms with Crippen LogP contribution in [0.5, 0.6) is 5.75 Å². The van der Waals surface area contributed by atoms with E-state index in [0.717, 1.165) is 28.2 Å². The molecule has 0 unspecified atom stereocenters. The Labute approximate surface area is 208 Å². The third-order valence-electron chi connectivity index (χ3n) is 6.62. The summed E-state index contributed by atoms with van der Waals surface area (Å²) in [7, 11) is 2.96. The Morgan fingerprint density at radius 2 is 1.53 bits per heavy atom. The van der Waals surface area contributed by atoms with E-state index >= 15 is 0 Å². The number of rotatable bonds is 6. The monoisotopic (exact) mass is 490 g/mol. The van der Waals surface area contributed by atoms with Crippen LogP contribution in [0.2, 0.25) is 0 Å². The summed E-state index contributed by atoms with van der Waals surface area (Å²) < 4.78 is 27.2. The lowest BCUT2D eigenvalue weighted by molar-refractivity contribution is -0.132. The molecule has 1 saturated heterocycles. The number of aromatic nitrogens is 2. The fourth-order valence-electron chi connectivity index (χ4n) is 4.66. The van der Waals surface area contributed by atoms with E-state index in [2.05, 4.69) is 4.90 Å². The molecule has 8 nitrogen and oxygen atoms in total. The van der Waals surface area contributed by atoms with Gasteiger partial charge in [0.2, 0.25) is 5.91 Å². The first-order valence-corrected chi connectivity index (χ1v) is 11.7. The van der Waals surface area contributed by atoms with Gasteiger partial charge in [-0.15, -0.1) is 0 Å². The molecule has 9 heteroatoms. The van der Waals surface area contributed by atoms with Gasteiger partial charge in [0.1, 0.15) is 23.8 Å². The number of carbonyl (C=O) groups excluding carboxylic acids is 2. The average molecular weight is 491 g/mol. The summed E-state index contributed by atoms with van der Waals surface area (Å²) in [6.45, 7) is 2.61. The maximum atomic E-state index is 13.4. The third-order valence-corrected chi connectivity index (χ3v) is 6.62. The minimum Gasteiger partial charge on any atom is -0.497 e. The molecule has 1 amide bonds. The SMILES string of the molecule is COC(=O)c1cc2c(ccn2-c2ccc(F)cc2)n1CC(=O)N1CCN(c2ccc(OC)cc2)CC1. The van der Waals surface area contributed by atoms with Crippen molar-refractivity contribution in [3.63, 3.8) is 0 Å². The highest BCUT2D eigenvalue weighted by atomic mass is 19.1. The van der Waals surface area contributed by atoms with Crippen LogP contribution in [0.25, 0.3) is 16.7 Å². The predicted molar refractivity (Wildman–Crippen MR) is 134 cm³/mol. The molecule has 186 valence electrons. The normalized spacial score (nSPS) is 13.8. The van der Waals surface area contributed by atoms with Crippen molar-refractivity contribution in [1.82, 2.24) is 14.0 Å². The molecule has 0 saturated carbocycles. The number of benzene rings is 2. The molecule has 2 aromatic carbocycles. The number of fused-ring (bicyclic) bond motifs is 1. The Balaban J connectivity index is 1.35. The Kier molecular flexibility index (Phi) is 6.37. The summed E-state index contributed by atoms with van der Waals surface area (Å²) in [6.07, 6.45) is 1.84. The van der Waals surface area contributed by atoms with Crippen molar-refractivity contribution in [2.24, 2.45) is 0 Å². The number of ether oxygens (including phenoxy) is 2. The zero-order valence-electron chi connectivity index (χ0n) is 20.2. The summed E-state index contributed by atoms with van der Waals surface area (Å²) in [5, 5.41) is 0. The van der Waals surface area contributed by atoms with Crippen molar-refractivity contribution in [3.8, 4) is 11.4 Å². The molecule has 2 aromatic heterocycles. The zero-order chi connectivity index (χ0) is 25.2. The van der Waals surface area contributed by atoms with Crippen molar-refractivity contribution in [2.45, 2.75) is 6.54 Å². The predicted octanol–water partition coefficient (Wildman–Crippen LogP) is 3.72. The molecule has 5 rings (SSSR count). The van der Waals surface area contributed by atoms with Gasteiger partial charge < -0.3 is 28.4 Å². The van der Waals surface area contributed by atoms with Crippen molar-refractivity contribution in [3.05, 3.63) is 78.4 Å². The maximum Gasteiger partial charge on any atom is 0.354 e. The molecular weight excluding hydrogens is 463 g/mol. The summed E-state index contributed by atoms with van der Waals surface area (Å²) in [4.78, 5) is 29.9. The summed E-state index contributed by atoms with van der Waals surface area (Å²) in [5.74, 6) is -0.108. The Bertz CT molecular complexity index is 1380. The number of esters is 1.